The van der Waals surface area contributed by atoms with E-state index in [2.05, 4.69) is 41.2 Å². The van der Waals surface area contributed by atoms with Gasteiger partial charge in [0.25, 0.3) is 5.56 Å². The van der Waals surface area contributed by atoms with Crippen LogP contribution in [-0.4, -0.2) is 23.6 Å². The topological polar surface area (TPSA) is 81.0 Å². The second-order valence-electron chi connectivity index (χ2n) is 7.09. The van der Waals surface area contributed by atoms with Crippen LogP contribution < -0.4 is 16.0 Å². The Morgan fingerprint density at radius 2 is 1.79 bits per heavy atom. The minimum Gasteiger partial charge on any atom is -0.481 e. The smallest absolute Gasteiger partial charge is 0.256 e. The van der Waals surface area contributed by atoms with Crippen LogP contribution in [0.5, 0.6) is 5.88 Å². The molecule has 0 aliphatic heterocycles. The summed E-state index contributed by atoms with van der Waals surface area (Å²) in [5.41, 5.74) is 10.2. The largest absolute Gasteiger partial charge is 0.481 e. The van der Waals surface area contributed by atoms with E-state index in [0.717, 1.165) is 33.1 Å². The molecule has 2 heterocycles. The summed E-state index contributed by atoms with van der Waals surface area (Å²) in [5, 5.41) is 2.48. The third-order valence-corrected chi connectivity index (χ3v) is 5.34. The van der Waals surface area contributed by atoms with Crippen molar-refractivity contribution >= 4 is 21.7 Å². The molecule has 0 saturated carbocycles. The van der Waals surface area contributed by atoms with Gasteiger partial charge in [0.1, 0.15) is 0 Å². The van der Waals surface area contributed by atoms with Gasteiger partial charge in [-0.25, -0.2) is 4.98 Å². The molecule has 2 aromatic heterocycles. The minimum absolute atomic E-state index is 0.115. The summed E-state index contributed by atoms with van der Waals surface area (Å²) in [4.78, 5) is 20.2. The van der Waals surface area contributed by atoms with E-state index >= 15 is 0 Å². The van der Waals surface area contributed by atoms with Gasteiger partial charge in [0.2, 0.25) is 5.88 Å². The van der Waals surface area contributed by atoms with E-state index in [1.165, 1.54) is 5.56 Å². The number of aryl methyl sites for hydroxylation is 1. The molecule has 2 aromatic carbocycles. The monoisotopic (exact) mass is 373 g/mol. The molecule has 5 nitrogen and oxygen atoms in total. The number of rotatable bonds is 4. The van der Waals surface area contributed by atoms with Crippen molar-refractivity contribution in [3.63, 3.8) is 0 Å². The molecule has 5 heteroatoms. The van der Waals surface area contributed by atoms with Crippen molar-refractivity contribution in [1.82, 2.24) is 9.97 Å². The molecule has 0 bridgehead atoms. The summed E-state index contributed by atoms with van der Waals surface area (Å²) >= 11 is 0. The quantitative estimate of drug-likeness (QED) is 0.527. The Kier molecular flexibility index (Phi) is 4.61. The zero-order chi connectivity index (χ0) is 19.8. The van der Waals surface area contributed by atoms with E-state index in [-0.39, 0.29) is 5.56 Å². The van der Waals surface area contributed by atoms with Crippen molar-refractivity contribution in [2.45, 2.75) is 19.8 Å². The zero-order valence-electron chi connectivity index (χ0n) is 16.2. The molecule has 1 atom stereocenters. The maximum Gasteiger partial charge on any atom is 0.256 e. The average molecular weight is 373 g/mol. The van der Waals surface area contributed by atoms with Crippen molar-refractivity contribution in [3.05, 3.63) is 70.1 Å². The van der Waals surface area contributed by atoms with Gasteiger partial charge in [0, 0.05) is 10.8 Å². The molecular formula is C23H23N3O2. The molecule has 0 aliphatic carbocycles. The third kappa shape index (κ3) is 2.84. The van der Waals surface area contributed by atoms with E-state index < -0.39 is 0 Å². The fourth-order valence-corrected chi connectivity index (χ4v) is 3.71. The number of H-pyrrole nitrogens is 1. The van der Waals surface area contributed by atoms with Crippen LogP contribution in [0.25, 0.3) is 32.8 Å². The fourth-order valence-electron chi connectivity index (χ4n) is 3.71. The molecule has 0 amide bonds. The molecule has 0 fully saturated rings. The van der Waals surface area contributed by atoms with Crippen molar-refractivity contribution in [2.75, 3.05) is 13.7 Å². The van der Waals surface area contributed by atoms with E-state index in [1.54, 1.807) is 7.11 Å². The fraction of sp³-hybridized carbons (Fsp3) is 0.217. The Balaban J connectivity index is 2.11. The van der Waals surface area contributed by atoms with E-state index in [1.807, 2.05) is 31.2 Å². The van der Waals surface area contributed by atoms with Gasteiger partial charge >= 0.3 is 0 Å². The molecule has 0 spiro atoms. The van der Waals surface area contributed by atoms with E-state index in [9.17, 15) is 4.79 Å². The summed E-state index contributed by atoms with van der Waals surface area (Å²) in [6.45, 7) is 4.59. The van der Waals surface area contributed by atoms with Crippen molar-refractivity contribution in [1.29, 1.82) is 0 Å². The SMILES string of the molecule is COc1nc(C)c2[nH]c(=O)c3ccccc3c2c1-c1ccc(C(C)CN)cc1. The number of hydrogen-bond donors (Lipinski definition) is 2. The first-order valence-electron chi connectivity index (χ1n) is 9.34. The van der Waals surface area contributed by atoms with Gasteiger partial charge in [-0.2, -0.15) is 0 Å². The highest BCUT2D eigenvalue weighted by molar-refractivity contribution is 6.14. The first-order valence-corrected chi connectivity index (χ1v) is 9.34. The lowest BCUT2D eigenvalue weighted by molar-refractivity contribution is 0.399. The van der Waals surface area contributed by atoms with Crippen molar-refractivity contribution in [2.24, 2.45) is 5.73 Å². The molecule has 1 unspecified atom stereocenters. The molecular weight excluding hydrogens is 350 g/mol. The van der Waals surface area contributed by atoms with Crippen LogP contribution in [0.1, 0.15) is 24.1 Å². The standard InChI is InChI=1S/C23H23N3O2/c1-13(12-24)15-8-10-16(11-9-15)19-20-17-6-4-5-7-18(17)22(27)26-21(20)14(2)25-23(19)28-3/h4-11,13H,12,24H2,1-3H3,(H,26,27). The highest BCUT2D eigenvalue weighted by Gasteiger charge is 2.19. The Labute approximate surface area is 163 Å². The second kappa shape index (κ2) is 7.09. The van der Waals surface area contributed by atoms with Crippen LogP contribution in [0.3, 0.4) is 0 Å². The summed E-state index contributed by atoms with van der Waals surface area (Å²) < 4.78 is 5.64. The molecule has 0 saturated heterocycles. The van der Waals surface area contributed by atoms with Crippen LogP contribution in [0.4, 0.5) is 0 Å². The van der Waals surface area contributed by atoms with Gasteiger partial charge in [-0.1, -0.05) is 49.4 Å². The number of nitrogens with zero attached hydrogens (tertiary/aromatic N) is 1. The van der Waals surface area contributed by atoms with Crippen molar-refractivity contribution < 1.29 is 4.74 Å². The number of hydrogen-bond acceptors (Lipinski definition) is 4. The summed E-state index contributed by atoms with van der Waals surface area (Å²) in [5.74, 6) is 0.836. The lowest BCUT2D eigenvalue weighted by Gasteiger charge is -2.16. The molecule has 28 heavy (non-hydrogen) atoms. The predicted molar refractivity (Wildman–Crippen MR) is 114 cm³/mol. The first kappa shape index (κ1) is 18.2. The Hall–Kier alpha value is -3.18. The molecule has 0 radical (unpaired) electrons. The predicted octanol–water partition coefficient (Wildman–Crippen LogP) is 4.12. The maximum atomic E-state index is 12.6. The van der Waals surface area contributed by atoms with Crippen molar-refractivity contribution in [3.8, 4) is 17.0 Å². The molecule has 142 valence electrons. The van der Waals surface area contributed by atoms with E-state index in [0.29, 0.717) is 23.7 Å². The lowest BCUT2D eigenvalue weighted by atomic mass is 9.94. The number of aromatic amines is 1. The molecule has 0 aliphatic rings. The van der Waals surface area contributed by atoms with E-state index in [4.69, 9.17) is 10.5 Å². The molecule has 3 N–H and O–H groups in total. The van der Waals surface area contributed by atoms with Gasteiger partial charge in [-0.15, -0.1) is 0 Å². The van der Waals surface area contributed by atoms with Crippen LogP contribution in [0, 0.1) is 6.92 Å². The highest BCUT2D eigenvalue weighted by Crippen LogP contribution is 2.39. The van der Waals surface area contributed by atoms with Crippen LogP contribution >= 0.6 is 0 Å². The number of benzene rings is 2. The number of nitrogens with one attached hydrogen (secondary N) is 1. The Morgan fingerprint density at radius 3 is 2.43 bits per heavy atom. The van der Waals surface area contributed by atoms with Gasteiger partial charge < -0.3 is 15.5 Å². The number of aromatic nitrogens is 2. The number of ether oxygens (including phenoxy) is 1. The maximum absolute atomic E-state index is 12.6. The summed E-state index contributed by atoms with van der Waals surface area (Å²) in [6.07, 6.45) is 0. The van der Waals surface area contributed by atoms with Gasteiger partial charge in [-0.05, 0) is 42.0 Å². The first-order chi connectivity index (χ1) is 13.5. The van der Waals surface area contributed by atoms with Crippen LogP contribution in [0.2, 0.25) is 0 Å². The zero-order valence-corrected chi connectivity index (χ0v) is 16.2. The highest BCUT2D eigenvalue weighted by atomic mass is 16.5. The Morgan fingerprint density at radius 1 is 1.11 bits per heavy atom. The Bertz CT molecular complexity index is 1230. The minimum atomic E-state index is -0.115. The second-order valence-corrected chi connectivity index (χ2v) is 7.09. The molecule has 4 rings (SSSR count). The normalized spacial score (nSPS) is 12.4. The number of pyridine rings is 2. The number of fused-ring (bicyclic) bond motifs is 3. The number of methoxy groups -OCH3 is 1. The van der Waals surface area contributed by atoms with Crippen LogP contribution in [-0.2, 0) is 0 Å². The average Bonchev–Trinajstić information content (AvgIpc) is 2.74. The van der Waals surface area contributed by atoms with Gasteiger partial charge in [-0.3, -0.25) is 4.79 Å². The molecule has 4 aromatic rings. The van der Waals surface area contributed by atoms with Gasteiger partial charge in [0.05, 0.1) is 23.9 Å². The van der Waals surface area contributed by atoms with Gasteiger partial charge in [0.15, 0.2) is 0 Å². The number of nitrogens with two attached hydrogens (primary N) is 1. The summed E-state index contributed by atoms with van der Waals surface area (Å²) in [7, 11) is 1.62. The lowest BCUT2D eigenvalue weighted by Crippen LogP contribution is -2.09. The summed E-state index contributed by atoms with van der Waals surface area (Å²) in [6, 6.07) is 15.9. The third-order valence-electron chi connectivity index (χ3n) is 5.34. The van der Waals surface area contributed by atoms with Crippen LogP contribution in [0.15, 0.2) is 53.3 Å².